The van der Waals surface area contributed by atoms with Crippen LogP contribution in [0.3, 0.4) is 0 Å². The molecule has 21 heavy (non-hydrogen) atoms. The molecule has 0 radical (unpaired) electrons. The van der Waals surface area contributed by atoms with Gasteiger partial charge in [-0.05, 0) is 42.0 Å². The van der Waals surface area contributed by atoms with Crippen molar-refractivity contribution in [2.24, 2.45) is 0 Å². The van der Waals surface area contributed by atoms with E-state index < -0.39 is 11.2 Å². The number of alkyl halides is 4. The highest BCUT2D eigenvalue weighted by atomic mass is 79.9. The second-order valence-corrected chi connectivity index (χ2v) is 5.00. The minimum Gasteiger partial charge on any atom is -0.406 e. The van der Waals surface area contributed by atoms with Gasteiger partial charge in [-0.1, -0.05) is 15.9 Å². The second kappa shape index (κ2) is 6.26. The number of benzene rings is 1. The van der Waals surface area contributed by atoms with Gasteiger partial charge in [0, 0.05) is 18.0 Å². The van der Waals surface area contributed by atoms with Gasteiger partial charge < -0.3 is 4.74 Å². The molecule has 1 aromatic heterocycles. The fourth-order valence-electron chi connectivity index (χ4n) is 1.65. The highest BCUT2D eigenvalue weighted by Crippen LogP contribution is 2.28. The van der Waals surface area contributed by atoms with Crippen LogP contribution >= 0.6 is 15.9 Å². The van der Waals surface area contributed by atoms with Crippen LogP contribution in [0.5, 0.6) is 5.75 Å². The molecule has 0 bridgehead atoms. The summed E-state index contributed by atoms with van der Waals surface area (Å²) in [7, 11) is 0. The maximum Gasteiger partial charge on any atom is 0.573 e. The molecule has 0 saturated carbocycles. The molecular formula is C14H9BrF3NO2. The minimum atomic E-state index is -4.75. The van der Waals surface area contributed by atoms with Crippen LogP contribution in [-0.4, -0.2) is 17.1 Å². The van der Waals surface area contributed by atoms with Gasteiger partial charge in [-0.2, -0.15) is 0 Å². The van der Waals surface area contributed by atoms with Gasteiger partial charge in [0.2, 0.25) is 0 Å². The van der Waals surface area contributed by atoms with Crippen molar-refractivity contribution in [2.45, 2.75) is 11.2 Å². The average molecular weight is 360 g/mol. The number of carbonyl (C=O) groups excluding carboxylic acids is 1. The van der Waals surface area contributed by atoms with Crippen LogP contribution in [0.15, 0.2) is 48.8 Å². The van der Waals surface area contributed by atoms with E-state index in [-0.39, 0.29) is 17.1 Å². The Morgan fingerprint density at radius 3 is 2.19 bits per heavy atom. The van der Waals surface area contributed by atoms with Gasteiger partial charge in [0.15, 0.2) is 5.78 Å². The quantitative estimate of drug-likeness (QED) is 0.603. The largest absolute Gasteiger partial charge is 0.573 e. The summed E-state index contributed by atoms with van der Waals surface area (Å²) < 4.78 is 39.9. The standard InChI is InChI=1S/C14H9BrF3NO2/c15-12(9-5-7-19-8-6-9)13(20)10-1-3-11(4-2-10)21-14(16,17)18/h1-8,12H. The molecular weight excluding hydrogens is 351 g/mol. The van der Waals surface area contributed by atoms with Gasteiger partial charge in [-0.25, -0.2) is 0 Å². The molecule has 0 saturated heterocycles. The molecule has 0 N–H and O–H groups in total. The molecule has 0 aliphatic heterocycles. The first-order valence-corrected chi connectivity index (χ1v) is 6.72. The van der Waals surface area contributed by atoms with Gasteiger partial charge in [-0.15, -0.1) is 13.2 Å². The van der Waals surface area contributed by atoms with Gasteiger partial charge in [-0.3, -0.25) is 9.78 Å². The van der Waals surface area contributed by atoms with E-state index in [1.54, 1.807) is 24.5 Å². The average Bonchev–Trinajstić information content (AvgIpc) is 2.46. The molecule has 1 heterocycles. The number of halogens is 4. The van der Waals surface area contributed by atoms with Gasteiger partial charge in [0.05, 0.1) is 0 Å². The van der Waals surface area contributed by atoms with E-state index in [0.717, 1.165) is 12.1 Å². The summed E-state index contributed by atoms with van der Waals surface area (Å²) in [5, 5.41) is 0. The molecule has 3 nitrogen and oxygen atoms in total. The molecule has 1 atom stereocenters. The zero-order chi connectivity index (χ0) is 15.5. The van der Waals surface area contributed by atoms with Crippen LogP contribution in [0, 0.1) is 0 Å². The molecule has 110 valence electrons. The third-order valence-corrected chi connectivity index (χ3v) is 3.55. The first-order valence-electron chi connectivity index (χ1n) is 5.81. The number of Topliss-reactive ketones (excluding diaryl/α,β-unsaturated/α-hetero) is 1. The zero-order valence-electron chi connectivity index (χ0n) is 10.5. The normalized spacial score (nSPS) is 12.8. The second-order valence-electron chi connectivity index (χ2n) is 4.08. The summed E-state index contributed by atoms with van der Waals surface area (Å²) in [6, 6.07) is 8.15. The Morgan fingerprint density at radius 2 is 1.67 bits per heavy atom. The molecule has 7 heteroatoms. The van der Waals surface area contributed by atoms with Crippen LogP contribution in [0.25, 0.3) is 0 Å². The van der Waals surface area contributed by atoms with E-state index in [0.29, 0.717) is 5.56 Å². The lowest BCUT2D eigenvalue weighted by atomic mass is 10.0. The predicted octanol–water partition coefficient (Wildman–Crippen LogP) is 4.30. The fourth-order valence-corrected chi connectivity index (χ4v) is 2.22. The van der Waals surface area contributed by atoms with E-state index in [1.165, 1.54) is 12.1 Å². The summed E-state index contributed by atoms with van der Waals surface area (Å²) in [6.45, 7) is 0. The van der Waals surface area contributed by atoms with E-state index in [4.69, 9.17) is 0 Å². The number of ether oxygens (including phenoxy) is 1. The number of ketones is 1. The Morgan fingerprint density at radius 1 is 1.10 bits per heavy atom. The van der Waals surface area contributed by atoms with Crippen molar-refractivity contribution in [2.75, 3.05) is 0 Å². The van der Waals surface area contributed by atoms with E-state index in [2.05, 4.69) is 25.7 Å². The summed E-state index contributed by atoms with van der Waals surface area (Å²) >= 11 is 3.27. The highest BCUT2D eigenvalue weighted by molar-refractivity contribution is 9.09. The molecule has 0 amide bonds. The predicted molar refractivity (Wildman–Crippen MR) is 73.4 cm³/mol. The number of nitrogens with zero attached hydrogens (tertiary/aromatic N) is 1. The molecule has 2 aromatic rings. The van der Waals surface area contributed by atoms with Crippen molar-refractivity contribution < 1.29 is 22.7 Å². The van der Waals surface area contributed by atoms with Crippen LogP contribution in [0.2, 0.25) is 0 Å². The lowest BCUT2D eigenvalue weighted by Crippen LogP contribution is -2.17. The zero-order valence-corrected chi connectivity index (χ0v) is 12.1. The van der Waals surface area contributed by atoms with E-state index in [9.17, 15) is 18.0 Å². The lowest BCUT2D eigenvalue weighted by molar-refractivity contribution is -0.274. The lowest BCUT2D eigenvalue weighted by Gasteiger charge is -2.11. The first kappa shape index (κ1) is 15.5. The maximum atomic E-state index is 12.2. The molecule has 0 spiro atoms. The summed E-state index contributed by atoms with van der Waals surface area (Å²) in [5.41, 5.74) is 0.994. The minimum absolute atomic E-state index is 0.264. The maximum absolute atomic E-state index is 12.2. The summed E-state index contributed by atoms with van der Waals surface area (Å²) in [5.74, 6) is -0.631. The van der Waals surface area contributed by atoms with Crippen molar-refractivity contribution in [3.05, 3.63) is 59.9 Å². The van der Waals surface area contributed by atoms with Crippen molar-refractivity contribution in [1.29, 1.82) is 0 Å². The third-order valence-electron chi connectivity index (χ3n) is 2.60. The monoisotopic (exact) mass is 359 g/mol. The van der Waals surface area contributed by atoms with Crippen LogP contribution in [0.4, 0.5) is 13.2 Å². The van der Waals surface area contributed by atoms with E-state index >= 15 is 0 Å². The van der Waals surface area contributed by atoms with Crippen molar-refractivity contribution >= 4 is 21.7 Å². The summed E-state index contributed by atoms with van der Waals surface area (Å²) in [4.78, 5) is 15.5. The van der Waals surface area contributed by atoms with Crippen molar-refractivity contribution in [1.82, 2.24) is 4.98 Å². The van der Waals surface area contributed by atoms with Gasteiger partial charge in [0.25, 0.3) is 0 Å². The molecule has 1 unspecified atom stereocenters. The fraction of sp³-hybridized carbons (Fsp3) is 0.143. The van der Waals surface area contributed by atoms with Gasteiger partial charge >= 0.3 is 6.36 Å². The van der Waals surface area contributed by atoms with Crippen LogP contribution in [0.1, 0.15) is 20.7 Å². The molecule has 0 aliphatic carbocycles. The first-order chi connectivity index (χ1) is 9.87. The van der Waals surface area contributed by atoms with Crippen molar-refractivity contribution in [3.63, 3.8) is 0 Å². The Balaban J connectivity index is 2.13. The Hall–Kier alpha value is -1.89. The number of aromatic nitrogens is 1. The number of hydrogen-bond donors (Lipinski definition) is 0. The number of rotatable bonds is 4. The number of carbonyl (C=O) groups is 1. The molecule has 2 rings (SSSR count). The Kier molecular flexibility index (Phi) is 4.62. The third kappa shape index (κ3) is 4.29. The van der Waals surface area contributed by atoms with Crippen LogP contribution in [-0.2, 0) is 0 Å². The van der Waals surface area contributed by atoms with Gasteiger partial charge in [0.1, 0.15) is 10.6 Å². The smallest absolute Gasteiger partial charge is 0.406 e. The highest BCUT2D eigenvalue weighted by Gasteiger charge is 2.31. The molecule has 0 aliphatic rings. The van der Waals surface area contributed by atoms with Crippen molar-refractivity contribution in [3.8, 4) is 5.75 Å². The SMILES string of the molecule is O=C(c1ccc(OC(F)(F)F)cc1)C(Br)c1ccncc1. The molecule has 0 fully saturated rings. The van der Waals surface area contributed by atoms with E-state index in [1.807, 2.05) is 0 Å². The summed E-state index contributed by atoms with van der Waals surface area (Å²) in [6.07, 6.45) is -1.64. The topological polar surface area (TPSA) is 39.2 Å². The Bertz CT molecular complexity index is 614. The Labute approximate surface area is 126 Å². The number of pyridine rings is 1. The number of hydrogen-bond acceptors (Lipinski definition) is 3. The molecule has 1 aromatic carbocycles. The van der Waals surface area contributed by atoms with Crippen LogP contribution < -0.4 is 4.74 Å².